The summed E-state index contributed by atoms with van der Waals surface area (Å²) >= 11 is 0. The van der Waals surface area contributed by atoms with Gasteiger partial charge in [-0.15, -0.1) is 0 Å². The Bertz CT molecular complexity index is 2010. The SMILES string of the molecule is Cc1ccc(Oc2ccc(S(=O)(=O)c3ccc(-c4ccc(S(=O)(=O)c5ccc(Oc6ccc(C)cc6)cc5)cc4)cc3)cc2)cc1. The highest BCUT2D eigenvalue weighted by Gasteiger charge is 2.20. The molecule has 0 aliphatic heterocycles. The van der Waals surface area contributed by atoms with Crippen molar-refractivity contribution >= 4 is 19.7 Å². The van der Waals surface area contributed by atoms with Crippen molar-refractivity contribution in [3.63, 3.8) is 0 Å². The number of ether oxygens (including phenoxy) is 2. The maximum atomic E-state index is 13.3. The minimum atomic E-state index is -3.76. The summed E-state index contributed by atoms with van der Waals surface area (Å²) in [5.41, 5.74) is 3.74. The summed E-state index contributed by atoms with van der Waals surface area (Å²) in [7, 11) is -7.51. The van der Waals surface area contributed by atoms with Gasteiger partial charge in [0.05, 0.1) is 19.6 Å². The summed E-state index contributed by atoms with van der Waals surface area (Å²) in [6.45, 7) is 3.98. The monoisotopic (exact) mass is 646 g/mol. The molecule has 0 fully saturated rings. The van der Waals surface area contributed by atoms with E-state index in [1.54, 1.807) is 72.8 Å². The average Bonchev–Trinajstić information content (AvgIpc) is 3.07. The van der Waals surface area contributed by atoms with Crippen LogP contribution in [0.25, 0.3) is 11.1 Å². The summed E-state index contributed by atoms with van der Waals surface area (Å²) in [5.74, 6) is 2.40. The van der Waals surface area contributed by atoms with Crippen LogP contribution in [0, 0.1) is 13.8 Å². The third-order valence-electron chi connectivity index (χ3n) is 7.44. The van der Waals surface area contributed by atoms with Crippen molar-refractivity contribution in [2.24, 2.45) is 0 Å². The standard InChI is InChI=1S/C38H30O6S2/c1-27-3-11-31(12-4-27)43-33-15-23-37(24-16-33)45(39,40)35-19-7-29(8-20-35)30-9-21-36(22-10-30)46(41,42)38-25-17-34(18-26-38)44-32-13-5-28(2)6-14-32/h3-26H,1-2H3. The summed E-state index contributed by atoms with van der Waals surface area (Å²) in [6.07, 6.45) is 0. The zero-order valence-electron chi connectivity index (χ0n) is 25.1. The zero-order valence-corrected chi connectivity index (χ0v) is 26.8. The number of rotatable bonds is 9. The van der Waals surface area contributed by atoms with Crippen molar-refractivity contribution in [1.29, 1.82) is 0 Å². The Morgan fingerprint density at radius 2 is 0.543 bits per heavy atom. The Kier molecular flexibility index (Phi) is 8.49. The van der Waals surface area contributed by atoms with Crippen LogP contribution in [0.2, 0.25) is 0 Å². The lowest BCUT2D eigenvalue weighted by Crippen LogP contribution is -2.02. The molecule has 46 heavy (non-hydrogen) atoms. The zero-order chi connectivity index (χ0) is 32.3. The molecule has 230 valence electrons. The highest BCUT2D eigenvalue weighted by molar-refractivity contribution is 7.91. The molecule has 0 aliphatic carbocycles. The van der Waals surface area contributed by atoms with Crippen molar-refractivity contribution in [3.8, 4) is 34.1 Å². The minimum Gasteiger partial charge on any atom is -0.457 e. The number of aryl methyl sites for hydroxylation is 2. The molecule has 0 aromatic heterocycles. The summed E-state index contributed by atoms with van der Waals surface area (Å²) in [5, 5.41) is 0. The van der Waals surface area contributed by atoms with Crippen LogP contribution in [0.15, 0.2) is 165 Å². The van der Waals surface area contributed by atoms with E-state index in [1.807, 2.05) is 62.4 Å². The molecule has 6 rings (SSSR count). The van der Waals surface area contributed by atoms with Gasteiger partial charge in [-0.25, -0.2) is 16.8 Å². The average molecular weight is 647 g/mol. The number of benzene rings is 6. The van der Waals surface area contributed by atoms with Crippen molar-refractivity contribution in [2.45, 2.75) is 33.4 Å². The summed E-state index contributed by atoms with van der Waals surface area (Å²) in [6, 6.07) is 40.8. The van der Waals surface area contributed by atoms with Crippen molar-refractivity contribution < 1.29 is 26.3 Å². The third-order valence-corrected chi connectivity index (χ3v) is 11.0. The van der Waals surface area contributed by atoms with Gasteiger partial charge in [-0.2, -0.15) is 0 Å². The van der Waals surface area contributed by atoms with Crippen LogP contribution in [0.1, 0.15) is 11.1 Å². The molecular weight excluding hydrogens is 617 g/mol. The van der Waals surface area contributed by atoms with E-state index in [-0.39, 0.29) is 19.6 Å². The van der Waals surface area contributed by atoms with E-state index in [0.717, 1.165) is 22.3 Å². The Morgan fingerprint density at radius 3 is 0.804 bits per heavy atom. The van der Waals surface area contributed by atoms with E-state index in [2.05, 4.69) is 0 Å². The van der Waals surface area contributed by atoms with Crippen LogP contribution in [-0.4, -0.2) is 16.8 Å². The lowest BCUT2D eigenvalue weighted by molar-refractivity contribution is 0.481. The molecule has 0 saturated heterocycles. The smallest absolute Gasteiger partial charge is 0.206 e. The van der Waals surface area contributed by atoms with Gasteiger partial charge in [0.25, 0.3) is 0 Å². The third kappa shape index (κ3) is 6.73. The second kappa shape index (κ2) is 12.7. The molecule has 0 aliphatic rings. The van der Waals surface area contributed by atoms with Gasteiger partial charge < -0.3 is 9.47 Å². The number of hydrogen-bond donors (Lipinski definition) is 0. The van der Waals surface area contributed by atoms with Gasteiger partial charge in [0.1, 0.15) is 23.0 Å². The highest BCUT2D eigenvalue weighted by atomic mass is 32.2. The minimum absolute atomic E-state index is 0.150. The van der Waals surface area contributed by atoms with E-state index < -0.39 is 19.7 Å². The molecule has 0 atom stereocenters. The molecule has 8 heteroatoms. The molecule has 0 spiro atoms. The van der Waals surface area contributed by atoms with Gasteiger partial charge >= 0.3 is 0 Å². The van der Waals surface area contributed by atoms with Gasteiger partial charge in [-0.3, -0.25) is 0 Å². The van der Waals surface area contributed by atoms with Gasteiger partial charge in [0.2, 0.25) is 19.7 Å². The first-order valence-corrected chi connectivity index (χ1v) is 17.4. The predicted molar refractivity (Wildman–Crippen MR) is 178 cm³/mol. The second-order valence-corrected chi connectivity index (χ2v) is 14.7. The first kappa shape index (κ1) is 30.8. The molecule has 0 bridgehead atoms. The highest BCUT2D eigenvalue weighted by Crippen LogP contribution is 2.30. The summed E-state index contributed by atoms with van der Waals surface area (Å²) < 4.78 is 64.8. The van der Waals surface area contributed by atoms with Gasteiger partial charge in [0, 0.05) is 0 Å². The number of hydrogen-bond acceptors (Lipinski definition) is 6. The van der Waals surface area contributed by atoms with Gasteiger partial charge in [0.15, 0.2) is 0 Å². The van der Waals surface area contributed by atoms with Crippen LogP contribution in [0.5, 0.6) is 23.0 Å². The lowest BCUT2D eigenvalue weighted by Gasteiger charge is -2.10. The fraction of sp³-hybridized carbons (Fsp3) is 0.0526. The maximum Gasteiger partial charge on any atom is 0.206 e. The first-order valence-electron chi connectivity index (χ1n) is 14.5. The van der Waals surface area contributed by atoms with E-state index in [4.69, 9.17) is 9.47 Å². The first-order chi connectivity index (χ1) is 22.1. The fourth-order valence-electron chi connectivity index (χ4n) is 4.78. The van der Waals surface area contributed by atoms with E-state index >= 15 is 0 Å². The predicted octanol–water partition coefficient (Wildman–Crippen LogP) is 9.22. The van der Waals surface area contributed by atoms with Crippen LogP contribution in [-0.2, 0) is 19.7 Å². The molecule has 0 heterocycles. The van der Waals surface area contributed by atoms with Gasteiger partial charge in [-0.1, -0.05) is 59.7 Å². The quantitative estimate of drug-likeness (QED) is 0.156. The lowest BCUT2D eigenvalue weighted by atomic mass is 10.1. The molecule has 0 saturated carbocycles. The Labute approximate surface area is 269 Å². The topological polar surface area (TPSA) is 86.7 Å². The maximum absolute atomic E-state index is 13.3. The molecule has 0 radical (unpaired) electrons. The van der Waals surface area contributed by atoms with Gasteiger partial charge in [-0.05, 0) is 122 Å². The summed E-state index contributed by atoms with van der Waals surface area (Å²) in [4.78, 5) is 0.608. The van der Waals surface area contributed by atoms with Crippen molar-refractivity contribution in [2.75, 3.05) is 0 Å². The largest absolute Gasteiger partial charge is 0.457 e. The van der Waals surface area contributed by atoms with E-state index in [0.29, 0.717) is 23.0 Å². The Balaban J connectivity index is 1.13. The van der Waals surface area contributed by atoms with Crippen molar-refractivity contribution in [1.82, 2.24) is 0 Å². The van der Waals surface area contributed by atoms with Crippen LogP contribution in [0.4, 0.5) is 0 Å². The normalized spacial score (nSPS) is 11.6. The molecule has 0 N–H and O–H groups in total. The second-order valence-electron chi connectivity index (χ2n) is 10.8. The van der Waals surface area contributed by atoms with Crippen LogP contribution < -0.4 is 9.47 Å². The molecule has 0 amide bonds. The fourth-order valence-corrected chi connectivity index (χ4v) is 7.31. The van der Waals surface area contributed by atoms with Crippen molar-refractivity contribution in [3.05, 3.63) is 157 Å². The van der Waals surface area contributed by atoms with E-state index in [9.17, 15) is 16.8 Å². The molecule has 6 nitrogen and oxygen atoms in total. The molecule has 6 aromatic rings. The van der Waals surface area contributed by atoms with Crippen LogP contribution in [0.3, 0.4) is 0 Å². The molecule has 6 aromatic carbocycles. The Hall–Kier alpha value is -5.18. The number of sulfone groups is 2. The molecular formula is C38H30O6S2. The molecule has 0 unspecified atom stereocenters. The van der Waals surface area contributed by atoms with Crippen LogP contribution >= 0.6 is 0 Å². The Morgan fingerprint density at radius 1 is 0.326 bits per heavy atom. The van der Waals surface area contributed by atoms with E-state index in [1.165, 1.54) is 24.3 Å².